The number of hydrogen-bond donors (Lipinski definition) is 3. The number of fused-ring (bicyclic) bond motifs is 1. The number of carbonyl (C=O) groups is 1. The molecule has 7 nitrogen and oxygen atoms in total. The van der Waals surface area contributed by atoms with Crippen LogP contribution in [0.3, 0.4) is 0 Å². The number of nitrogens with one attached hydrogen (secondary N) is 3. The van der Waals surface area contributed by atoms with E-state index in [0.717, 1.165) is 28.4 Å². The first-order chi connectivity index (χ1) is 14.7. The fourth-order valence-electron chi connectivity index (χ4n) is 3.35. The van der Waals surface area contributed by atoms with Gasteiger partial charge in [0.15, 0.2) is 11.5 Å². The predicted octanol–water partition coefficient (Wildman–Crippen LogP) is 4.36. The Morgan fingerprint density at radius 3 is 2.57 bits per heavy atom. The molecule has 4 aromatic rings. The summed E-state index contributed by atoms with van der Waals surface area (Å²) in [6.45, 7) is 2.66. The first-order valence-corrected chi connectivity index (χ1v) is 9.86. The van der Waals surface area contributed by atoms with Crippen LogP contribution in [0.25, 0.3) is 16.9 Å². The Bertz CT molecular complexity index is 1140. The van der Waals surface area contributed by atoms with Crippen molar-refractivity contribution in [3.05, 3.63) is 78.8 Å². The zero-order valence-electron chi connectivity index (χ0n) is 17.0. The van der Waals surface area contributed by atoms with Crippen LogP contribution in [0.5, 0.6) is 0 Å². The maximum absolute atomic E-state index is 12.3. The molecule has 0 unspecified atom stereocenters. The van der Waals surface area contributed by atoms with Gasteiger partial charge in [-0.3, -0.25) is 4.40 Å². The van der Waals surface area contributed by atoms with Gasteiger partial charge in [0.25, 0.3) is 0 Å². The van der Waals surface area contributed by atoms with Gasteiger partial charge in [0.2, 0.25) is 0 Å². The molecule has 152 valence electrons. The predicted molar refractivity (Wildman–Crippen MR) is 120 cm³/mol. The van der Waals surface area contributed by atoms with E-state index < -0.39 is 0 Å². The molecule has 0 fully saturated rings. The lowest BCUT2D eigenvalue weighted by Crippen LogP contribution is -2.31. The average Bonchev–Trinajstić information content (AvgIpc) is 3.23. The van der Waals surface area contributed by atoms with E-state index >= 15 is 0 Å². The number of anilines is 2. The van der Waals surface area contributed by atoms with Crippen LogP contribution in [0.2, 0.25) is 0 Å². The van der Waals surface area contributed by atoms with E-state index in [1.807, 2.05) is 66.3 Å². The van der Waals surface area contributed by atoms with Crippen LogP contribution in [0.4, 0.5) is 16.3 Å². The maximum Gasteiger partial charge on any atom is 0.319 e. The van der Waals surface area contributed by atoms with E-state index in [-0.39, 0.29) is 11.9 Å². The highest BCUT2D eigenvalue weighted by atomic mass is 16.2. The summed E-state index contributed by atoms with van der Waals surface area (Å²) in [4.78, 5) is 21.0. The van der Waals surface area contributed by atoms with Gasteiger partial charge in [0, 0.05) is 37.2 Å². The van der Waals surface area contributed by atoms with Crippen molar-refractivity contribution in [3.8, 4) is 11.3 Å². The summed E-state index contributed by atoms with van der Waals surface area (Å²) in [5, 5.41) is 8.86. The molecular weight excluding hydrogens is 376 g/mol. The Labute approximate surface area is 175 Å². The third-order valence-electron chi connectivity index (χ3n) is 5.04. The number of rotatable bonds is 6. The second-order valence-corrected chi connectivity index (χ2v) is 7.09. The average molecular weight is 400 g/mol. The normalized spacial score (nSPS) is 11.8. The van der Waals surface area contributed by atoms with E-state index in [1.165, 1.54) is 5.56 Å². The minimum atomic E-state index is -0.218. The Hall–Kier alpha value is -3.87. The number of urea groups is 1. The van der Waals surface area contributed by atoms with Crippen molar-refractivity contribution < 1.29 is 4.79 Å². The largest absolute Gasteiger partial charge is 0.370 e. The zero-order valence-corrected chi connectivity index (χ0v) is 17.0. The minimum Gasteiger partial charge on any atom is -0.370 e. The van der Waals surface area contributed by atoms with Crippen LogP contribution >= 0.6 is 0 Å². The number of aromatic nitrogens is 3. The molecule has 7 heteroatoms. The Morgan fingerprint density at radius 2 is 1.83 bits per heavy atom. The molecule has 0 saturated heterocycles. The molecule has 0 aliphatic carbocycles. The van der Waals surface area contributed by atoms with Crippen molar-refractivity contribution in [1.82, 2.24) is 19.7 Å². The van der Waals surface area contributed by atoms with Crippen molar-refractivity contribution in [1.29, 1.82) is 0 Å². The molecule has 0 aliphatic rings. The quantitative estimate of drug-likeness (QED) is 0.449. The number of imidazole rings is 1. The van der Waals surface area contributed by atoms with Gasteiger partial charge in [-0.05, 0) is 23.6 Å². The van der Waals surface area contributed by atoms with Gasteiger partial charge in [-0.2, -0.15) is 0 Å². The topological polar surface area (TPSA) is 83.3 Å². The summed E-state index contributed by atoms with van der Waals surface area (Å²) in [5.74, 6) is 0.968. The Balaban J connectivity index is 1.40. The number of nitrogens with zero attached hydrogens (tertiary/aromatic N) is 3. The Morgan fingerprint density at radius 1 is 1.07 bits per heavy atom. The van der Waals surface area contributed by atoms with Gasteiger partial charge in [-0.25, -0.2) is 14.8 Å². The lowest BCUT2D eigenvalue weighted by Gasteiger charge is -2.14. The van der Waals surface area contributed by atoms with E-state index in [1.54, 1.807) is 6.20 Å². The number of carbonyl (C=O) groups excluding carboxylic acids is 1. The molecule has 0 saturated carbocycles. The molecule has 2 aromatic carbocycles. The van der Waals surface area contributed by atoms with Gasteiger partial charge in [0.1, 0.15) is 0 Å². The molecule has 3 N–H and O–H groups in total. The first-order valence-electron chi connectivity index (χ1n) is 9.86. The molecule has 30 heavy (non-hydrogen) atoms. The van der Waals surface area contributed by atoms with Crippen molar-refractivity contribution in [2.45, 2.75) is 12.8 Å². The fourth-order valence-corrected chi connectivity index (χ4v) is 3.35. The standard InChI is InChI=1S/C23H24N6O/c1-16(17-6-4-3-5-7-17)14-27-23(30)28-19-10-8-18(9-11-19)20-15-26-22-21(24-2)25-12-13-29(20)22/h3-13,15-16H,14H2,1-2H3,(H,24,25)(H2,27,28,30)/t16-/m1/s1. The molecule has 0 aliphatic heterocycles. The molecule has 2 aromatic heterocycles. The molecule has 0 radical (unpaired) electrons. The summed E-state index contributed by atoms with van der Waals surface area (Å²) in [6.07, 6.45) is 5.44. The third-order valence-corrected chi connectivity index (χ3v) is 5.04. The summed E-state index contributed by atoms with van der Waals surface area (Å²) >= 11 is 0. The van der Waals surface area contributed by atoms with Crippen LogP contribution in [0.15, 0.2) is 73.2 Å². The second-order valence-electron chi connectivity index (χ2n) is 7.09. The van der Waals surface area contributed by atoms with Crippen molar-refractivity contribution in [3.63, 3.8) is 0 Å². The first kappa shape index (κ1) is 19.4. The smallest absolute Gasteiger partial charge is 0.319 e. The van der Waals surface area contributed by atoms with Crippen LogP contribution in [0.1, 0.15) is 18.4 Å². The van der Waals surface area contributed by atoms with E-state index in [4.69, 9.17) is 0 Å². The van der Waals surface area contributed by atoms with Gasteiger partial charge < -0.3 is 16.0 Å². The number of hydrogen-bond acceptors (Lipinski definition) is 4. The van der Waals surface area contributed by atoms with Crippen molar-refractivity contribution in [2.24, 2.45) is 0 Å². The van der Waals surface area contributed by atoms with E-state index in [9.17, 15) is 4.79 Å². The van der Waals surface area contributed by atoms with Crippen molar-refractivity contribution >= 4 is 23.2 Å². The highest BCUT2D eigenvalue weighted by molar-refractivity contribution is 5.89. The molecule has 1 atom stereocenters. The molecular formula is C23H24N6O. The molecule has 2 amide bonds. The molecule has 2 heterocycles. The van der Waals surface area contributed by atoms with Gasteiger partial charge in [-0.1, -0.05) is 49.4 Å². The van der Waals surface area contributed by atoms with Gasteiger partial charge >= 0.3 is 6.03 Å². The van der Waals surface area contributed by atoms with Crippen LogP contribution in [-0.2, 0) is 0 Å². The summed E-state index contributed by atoms with van der Waals surface area (Å²) in [5.41, 5.74) is 4.65. The highest BCUT2D eigenvalue weighted by Gasteiger charge is 2.10. The summed E-state index contributed by atoms with van der Waals surface area (Å²) in [7, 11) is 1.82. The zero-order chi connectivity index (χ0) is 20.9. The third kappa shape index (κ3) is 4.10. The van der Waals surface area contributed by atoms with Crippen LogP contribution in [-0.4, -0.2) is 34.0 Å². The lowest BCUT2D eigenvalue weighted by atomic mass is 10.0. The van der Waals surface area contributed by atoms with E-state index in [2.05, 4.69) is 45.0 Å². The molecule has 0 bridgehead atoms. The lowest BCUT2D eigenvalue weighted by molar-refractivity contribution is 0.251. The van der Waals surface area contributed by atoms with Crippen molar-refractivity contribution in [2.75, 3.05) is 24.2 Å². The highest BCUT2D eigenvalue weighted by Crippen LogP contribution is 2.24. The van der Waals surface area contributed by atoms with Gasteiger partial charge in [-0.15, -0.1) is 0 Å². The summed E-state index contributed by atoms with van der Waals surface area (Å²) < 4.78 is 1.99. The van der Waals surface area contributed by atoms with Gasteiger partial charge in [0.05, 0.1) is 11.9 Å². The van der Waals surface area contributed by atoms with Crippen LogP contribution < -0.4 is 16.0 Å². The summed E-state index contributed by atoms with van der Waals surface area (Å²) in [6, 6.07) is 17.6. The maximum atomic E-state index is 12.3. The SMILES string of the molecule is CNc1nccn2c(-c3ccc(NC(=O)NC[C@@H](C)c4ccccc4)cc3)cnc12. The minimum absolute atomic E-state index is 0.218. The van der Waals surface area contributed by atoms with E-state index in [0.29, 0.717) is 6.54 Å². The number of benzene rings is 2. The number of amides is 2. The second kappa shape index (κ2) is 8.65. The monoisotopic (exact) mass is 400 g/mol. The molecule has 4 rings (SSSR count). The molecule has 0 spiro atoms. The fraction of sp³-hybridized carbons (Fsp3) is 0.174. The van der Waals surface area contributed by atoms with Crippen LogP contribution in [0, 0.1) is 0 Å². The Kier molecular flexibility index (Phi) is 5.61.